The SMILES string of the molecule is Cc1ccc(Sc2ncccc2C(=O)Nc2ccnn2Cc2ccncc2)cc1C. The van der Waals surface area contributed by atoms with E-state index in [0.717, 1.165) is 10.5 Å². The minimum atomic E-state index is -0.217. The lowest BCUT2D eigenvalue weighted by molar-refractivity contribution is 0.102. The van der Waals surface area contributed by atoms with Gasteiger partial charge in [0.05, 0.1) is 18.3 Å². The van der Waals surface area contributed by atoms with Gasteiger partial charge in [-0.3, -0.25) is 9.78 Å². The zero-order valence-corrected chi connectivity index (χ0v) is 17.6. The quantitative estimate of drug-likeness (QED) is 0.492. The summed E-state index contributed by atoms with van der Waals surface area (Å²) in [5.74, 6) is 0.411. The van der Waals surface area contributed by atoms with Crippen LogP contribution in [0.2, 0.25) is 0 Å². The molecule has 0 radical (unpaired) electrons. The summed E-state index contributed by atoms with van der Waals surface area (Å²) in [6.07, 6.45) is 6.85. The topological polar surface area (TPSA) is 72.7 Å². The van der Waals surface area contributed by atoms with Crippen molar-refractivity contribution in [3.63, 3.8) is 0 Å². The van der Waals surface area contributed by atoms with E-state index in [-0.39, 0.29) is 5.91 Å². The van der Waals surface area contributed by atoms with Crippen molar-refractivity contribution in [3.8, 4) is 0 Å². The number of amides is 1. The maximum Gasteiger partial charge on any atom is 0.259 e. The zero-order chi connectivity index (χ0) is 20.9. The first kappa shape index (κ1) is 19.8. The Morgan fingerprint density at radius 1 is 1.00 bits per heavy atom. The lowest BCUT2D eigenvalue weighted by Crippen LogP contribution is -2.17. The Bertz CT molecular complexity index is 1170. The Kier molecular flexibility index (Phi) is 5.90. The van der Waals surface area contributed by atoms with Gasteiger partial charge in [-0.25, -0.2) is 9.67 Å². The van der Waals surface area contributed by atoms with Gasteiger partial charge >= 0.3 is 0 Å². The largest absolute Gasteiger partial charge is 0.307 e. The van der Waals surface area contributed by atoms with Crippen LogP contribution in [0.1, 0.15) is 27.0 Å². The molecule has 0 bridgehead atoms. The first-order valence-corrected chi connectivity index (χ1v) is 10.3. The van der Waals surface area contributed by atoms with Gasteiger partial charge in [0, 0.05) is 29.6 Å². The number of nitrogens with one attached hydrogen (secondary N) is 1. The third-order valence-corrected chi connectivity index (χ3v) is 5.76. The number of aryl methyl sites for hydroxylation is 2. The van der Waals surface area contributed by atoms with E-state index in [4.69, 9.17) is 0 Å². The van der Waals surface area contributed by atoms with E-state index in [1.807, 2.05) is 18.2 Å². The van der Waals surface area contributed by atoms with Crippen molar-refractivity contribution in [1.82, 2.24) is 19.7 Å². The number of aromatic nitrogens is 4. The Morgan fingerprint density at radius 2 is 1.83 bits per heavy atom. The Hall–Kier alpha value is -3.45. The van der Waals surface area contributed by atoms with E-state index in [0.29, 0.717) is 23.0 Å². The van der Waals surface area contributed by atoms with Crippen molar-refractivity contribution in [1.29, 1.82) is 0 Å². The van der Waals surface area contributed by atoms with Crippen LogP contribution in [0, 0.1) is 13.8 Å². The van der Waals surface area contributed by atoms with E-state index in [9.17, 15) is 4.79 Å². The molecule has 0 unspecified atom stereocenters. The minimum absolute atomic E-state index is 0.217. The molecule has 3 heterocycles. The molecule has 0 fully saturated rings. The van der Waals surface area contributed by atoms with Crippen LogP contribution in [0.25, 0.3) is 0 Å². The second-order valence-corrected chi connectivity index (χ2v) is 7.95. The fourth-order valence-corrected chi connectivity index (χ4v) is 3.92. The summed E-state index contributed by atoms with van der Waals surface area (Å²) < 4.78 is 1.75. The standard InChI is InChI=1S/C23H21N5OS/c1-16-5-6-19(14-17(16)2)30-23-20(4-3-10-25-23)22(29)27-21-9-13-26-28(21)15-18-7-11-24-12-8-18/h3-14H,15H2,1-2H3,(H,27,29). The lowest BCUT2D eigenvalue weighted by Gasteiger charge is -2.11. The van der Waals surface area contributed by atoms with Crippen molar-refractivity contribution >= 4 is 23.5 Å². The summed E-state index contributed by atoms with van der Waals surface area (Å²) in [4.78, 5) is 22.6. The van der Waals surface area contributed by atoms with Crippen LogP contribution < -0.4 is 5.32 Å². The number of anilines is 1. The monoisotopic (exact) mass is 415 g/mol. The predicted octanol–water partition coefficient (Wildman–Crippen LogP) is 4.74. The molecule has 6 nitrogen and oxygen atoms in total. The first-order chi connectivity index (χ1) is 14.6. The molecule has 4 rings (SSSR count). The fraction of sp³-hybridized carbons (Fsp3) is 0.130. The second kappa shape index (κ2) is 8.92. The van der Waals surface area contributed by atoms with Crippen LogP contribution in [-0.4, -0.2) is 25.7 Å². The molecule has 0 saturated heterocycles. The highest BCUT2D eigenvalue weighted by Crippen LogP contribution is 2.30. The summed E-state index contributed by atoms with van der Waals surface area (Å²) in [7, 11) is 0. The number of carbonyl (C=O) groups is 1. The third-order valence-electron chi connectivity index (χ3n) is 4.75. The van der Waals surface area contributed by atoms with E-state index < -0.39 is 0 Å². The van der Waals surface area contributed by atoms with Crippen molar-refractivity contribution in [2.45, 2.75) is 30.3 Å². The van der Waals surface area contributed by atoms with Gasteiger partial charge in [-0.1, -0.05) is 17.8 Å². The minimum Gasteiger partial charge on any atom is -0.307 e. The highest BCUT2D eigenvalue weighted by Gasteiger charge is 2.16. The van der Waals surface area contributed by atoms with Crippen LogP contribution in [0.5, 0.6) is 0 Å². The summed E-state index contributed by atoms with van der Waals surface area (Å²) in [6, 6.07) is 15.4. The van der Waals surface area contributed by atoms with Gasteiger partial charge in [-0.2, -0.15) is 5.10 Å². The highest BCUT2D eigenvalue weighted by atomic mass is 32.2. The molecule has 0 aliphatic carbocycles. The van der Waals surface area contributed by atoms with Crippen LogP contribution in [-0.2, 0) is 6.54 Å². The molecule has 1 aromatic carbocycles. The number of nitrogens with zero attached hydrogens (tertiary/aromatic N) is 4. The molecule has 3 aromatic heterocycles. The molecule has 0 atom stereocenters. The van der Waals surface area contributed by atoms with Crippen LogP contribution in [0.3, 0.4) is 0 Å². The van der Waals surface area contributed by atoms with Crippen molar-refractivity contribution in [2.75, 3.05) is 5.32 Å². The van der Waals surface area contributed by atoms with E-state index in [1.54, 1.807) is 47.7 Å². The van der Waals surface area contributed by atoms with Gasteiger partial charge in [0.15, 0.2) is 0 Å². The number of benzene rings is 1. The average molecular weight is 416 g/mol. The number of carbonyl (C=O) groups excluding carboxylic acids is 1. The average Bonchev–Trinajstić information content (AvgIpc) is 3.18. The molecule has 0 saturated carbocycles. The molecule has 30 heavy (non-hydrogen) atoms. The van der Waals surface area contributed by atoms with Gasteiger partial charge in [0.1, 0.15) is 10.8 Å². The Balaban J connectivity index is 1.54. The summed E-state index contributed by atoms with van der Waals surface area (Å²) in [6.45, 7) is 4.70. The van der Waals surface area contributed by atoms with Crippen molar-refractivity contribution in [3.05, 3.63) is 95.6 Å². The summed E-state index contributed by atoms with van der Waals surface area (Å²) >= 11 is 1.48. The lowest BCUT2D eigenvalue weighted by atomic mass is 10.1. The third kappa shape index (κ3) is 4.58. The van der Waals surface area contributed by atoms with Gasteiger partial charge in [-0.05, 0) is 66.9 Å². The summed E-state index contributed by atoms with van der Waals surface area (Å²) in [5, 5.41) is 7.96. The highest BCUT2D eigenvalue weighted by molar-refractivity contribution is 7.99. The molecule has 0 aliphatic rings. The molecule has 1 N–H and O–H groups in total. The van der Waals surface area contributed by atoms with Gasteiger partial charge in [0.2, 0.25) is 0 Å². The van der Waals surface area contributed by atoms with Crippen LogP contribution >= 0.6 is 11.8 Å². The molecule has 150 valence electrons. The summed E-state index contributed by atoms with van der Waals surface area (Å²) in [5.41, 5.74) is 4.02. The molecule has 0 spiro atoms. The molecule has 1 amide bonds. The molecular weight excluding hydrogens is 394 g/mol. The van der Waals surface area contributed by atoms with Gasteiger partial charge < -0.3 is 5.32 Å². The molecule has 7 heteroatoms. The molecular formula is C23H21N5OS. The van der Waals surface area contributed by atoms with E-state index in [2.05, 4.69) is 46.4 Å². The Labute approximate surface area is 179 Å². The van der Waals surface area contributed by atoms with Crippen molar-refractivity contribution < 1.29 is 4.79 Å². The van der Waals surface area contributed by atoms with Crippen LogP contribution in [0.4, 0.5) is 5.82 Å². The Morgan fingerprint density at radius 3 is 2.63 bits per heavy atom. The second-order valence-electron chi connectivity index (χ2n) is 6.89. The van der Waals surface area contributed by atoms with Gasteiger partial charge in [0.25, 0.3) is 5.91 Å². The predicted molar refractivity (Wildman–Crippen MR) is 118 cm³/mol. The number of hydrogen-bond donors (Lipinski definition) is 1. The first-order valence-electron chi connectivity index (χ1n) is 9.52. The van der Waals surface area contributed by atoms with Crippen molar-refractivity contribution in [2.24, 2.45) is 0 Å². The molecule has 0 aliphatic heterocycles. The van der Waals surface area contributed by atoms with E-state index in [1.165, 1.54) is 22.9 Å². The number of rotatable bonds is 6. The van der Waals surface area contributed by atoms with Crippen LogP contribution in [0.15, 0.2) is 83.2 Å². The smallest absolute Gasteiger partial charge is 0.259 e. The van der Waals surface area contributed by atoms with Gasteiger partial charge in [-0.15, -0.1) is 0 Å². The fourth-order valence-electron chi connectivity index (χ4n) is 2.94. The maximum atomic E-state index is 13.0. The zero-order valence-electron chi connectivity index (χ0n) is 16.7. The van der Waals surface area contributed by atoms with E-state index >= 15 is 0 Å². The number of pyridine rings is 2. The maximum absolute atomic E-state index is 13.0. The molecule has 4 aromatic rings. The number of hydrogen-bond acceptors (Lipinski definition) is 5. The normalized spacial score (nSPS) is 10.7.